The van der Waals surface area contributed by atoms with Crippen molar-refractivity contribution in [1.82, 2.24) is 9.88 Å². The molecule has 1 aromatic heterocycles. The number of halogens is 1. The maximum atomic E-state index is 13.6. The number of piperidine rings is 1. The van der Waals surface area contributed by atoms with Crippen LogP contribution >= 0.6 is 15.9 Å². The third-order valence-corrected chi connectivity index (χ3v) is 6.61. The van der Waals surface area contributed by atoms with E-state index >= 15 is 0 Å². The number of ketones is 1. The summed E-state index contributed by atoms with van der Waals surface area (Å²) in [6, 6.07) is 14.8. The van der Waals surface area contributed by atoms with Crippen molar-refractivity contribution in [2.45, 2.75) is 32.4 Å². The zero-order valence-corrected chi connectivity index (χ0v) is 19.6. The number of hydrogen-bond acceptors (Lipinski definition) is 5. The predicted octanol–water partition coefficient (Wildman–Crippen LogP) is 4.17. The van der Waals surface area contributed by atoms with Gasteiger partial charge in [-0.3, -0.25) is 9.59 Å². The number of carbonyl (C=O) groups is 2. The van der Waals surface area contributed by atoms with Gasteiger partial charge in [0.05, 0.1) is 13.2 Å². The molecule has 3 aromatic rings. The summed E-state index contributed by atoms with van der Waals surface area (Å²) in [6.45, 7) is 2.62. The van der Waals surface area contributed by atoms with Crippen LogP contribution in [0.15, 0.2) is 57.8 Å². The molecule has 6 nitrogen and oxygen atoms in total. The van der Waals surface area contributed by atoms with Gasteiger partial charge in [0.2, 0.25) is 0 Å². The maximum absolute atomic E-state index is 13.6. The van der Waals surface area contributed by atoms with Crippen molar-refractivity contribution < 1.29 is 14.3 Å². The van der Waals surface area contributed by atoms with E-state index < -0.39 is 5.97 Å². The Morgan fingerprint density at radius 1 is 1.16 bits per heavy atom. The van der Waals surface area contributed by atoms with E-state index in [1.165, 1.54) is 7.11 Å². The molecule has 1 fully saturated rings. The van der Waals surface area contributed by atoms with Crippen LogP contribution < -0.4 is 10.9 Å². The van der Waals surface area contributed by atoms with E-state index in [0.29, 0.717) is 35.8 Å². The zero-order valence-electron chi connectivity index (χ0n) is 18.1. The monoisotopic (exact) mass is 496 g/mol. The van der Waals surface area contributed by atoms with E-state index in [4.69, 9.17) is 4.74 Å². The van der Waals surface area contributed by atoms with E-state index in [-0.39, 0.29) is 29.0 Å². The summed E-state index contributed by atoms with van der Waals surface area (Å²) >= 11 is 3.50. The topological polar surface area (TPSA) is 77.4 Å². The average Bonchev–Trinajstić information content (AvgIpc) is 2.80. The van der Waals surface area contributed by atoms with Crippen molar-refractivity contribution in [2.75, 3.05) is 13.7 Å². The molecule has 166 valence electrons. The number of pyridine rings is 1. The van der Waals surface area contributed by atoms with E-state index in [9.17, 15) is 14.4 Å². The molecule has 1 aliphatic rings. The van der Waals surface area contributed by atoms with Crippen molar-refractivity contribution in [3.63, 3.8) is 0 Å². The van der Waals surface area contributed by atoms with Crippen molar-refractivity contribution in [1.29, 1.82) is 0 Å². The maximum Gasteiger partial charge on any atom is 0.355 e. The second-order valence-electron chi connectivity index (χ2n) is 8.19. The lowest BCUT2D eigenvalue weighted by Gasteiger charge is -2.30. The average molecular weight is 497 g/mol. The molecule has 0 amide bonds. The minimum absolute atomic E-state index is 0.0859. The van der Waals surface area contributed by atoms with Gasteiger partial charge in [-0.2, -0.15) is 0 Å². The van der Waals surface area contributed by atoms with Crippen molar-refractivity contribution in [3.8, 4) is 11.1 Å². The first-order valence-corrected chi connectivity index (χ1v) is 11.4. The first kappa shape index (κ1) is 22.4. The highest BCUT2D eigenvalue weighted by molar-refractivity contribution is 9.10. The molecule has 2 aromatic carbocycles. The van der Waals surface area contributed by atoms with Gasteiger partial charge in [0.1, 0.15) is 11.5 Å². The van der Waals surface area contributed by atoms with Crippen molar-refractivity contribution in [2.24, 2.45) is 5.92 Å². The van der Waals surface area contributed by atoms with Crippen LogP contribution in [-0.2, 0) is 16.1 Å². The molecule has 0 spiro atoms. The number of benzene rings is 2. The smallest absolute Gasteiger partial charge is 0.355 e. The van der Waals surface area contributed by atoms with Crippen LogP contribution in [0.5, 0.6) is 0 Å². The van der Waals surface area contributed by atoms with Gasteiger partial charge in [-0.05, 0) is 61.4 Å². The number of methoxy groups -OCH3 is 1. The molecular weight excluding hydrogens is 472 g/mol. The lowest BCUT2D eigenvalue weighted by Crippen LogP contribution is -2.44. The summed E-state index contributed by atoms with van der Waals surface area (Å²) in [4.78, 5) is 38.6. The highest BCUT2D eigenvalue weighted by Crippen LogP contribution is 2.33. The third kappa shape index (κ3) is 4.27. The number of hydrogen-bond donors (Lipinski definition) is 1. The molecule has 1 aliphatic heterocycles. The van der Waals surface area contributed by atoms with E-state index in [2.05, 4.69) is 21.2 Å². The quantitative estimate of drug-likeness (QED) is 0.536. The van der Waals surface area contributed by atoms with Crippen LogP contribution in [-0.4, -0.2) is 36.0 Å². The second-order valence-corrected chi connectivity index (χ2v) is 9.11. The van der Waals surface area contributed by atoms with Gasteiger partial charge in [-0.25, -0.2) is 4.79 Å². The van der Waals surface area contributed by atoms with Crippen LogP contribution in [0.4, 0.5) is 0 Å². The number of carbonyl (C=O) groups excluding carboxylic acids is 2. The standard InChI is InChI=1S/C25H25BrN2O4/c1-15(29)21-12-16(10-11-27-21)14-28-23(25(31)32-2)22(17-6-4-3-5-7-17)20-13-18(26)8-9-19(20)24(28)30/h3-9,13,16,21,27H,10-12,14H2,1-2H3. The van der Waals surface area contributed by atoms with E-state index in [1.54, 1.807) is 17.6 Å². The van der Waals surface area contributed by atoms with Crippen LogP contribution in [0.25, 0.3) is 21.9 Å². The van der Waals surface area contributed by atoms with Gasteiger partial charge < -0.3 is 14.6 Å². The number of nitrogens with one attached hydrogen (secondary N) is 1. The number of rotatable bonds is 5. The zero-order chi connectivity index (χ0) is 22.8. The van der Waals surface area contributed by atoms with E-state index in [1.807, 2.05) is 42.5 Å². The van der Waals surface area contributed by atoms with Crippen LogP contribution in [0.2, 0.25) is 0 Å². The first-order chi connectivity index (χ1) is 15.4. The van der Waals surface area contributed by atoms with Gasteiger partial charge in [0, 0.05) is 22.0 Å². The molecule has 2 atom stereocenters. The van der Waals surface area contributed by atoms with Gasteiger partial charge in [-0.15, -0.1) is 0 Å². The second kappa shape index (κ2) is 9.38. The summed E-state index contributed by atoms with van der Waals surface area (Å²) in [7, 11) is 1.33. The minimum Gasteiger partial charge on any atom is -0.464 e. The molecule has 0 bridgehead atoms. The largest absolute Gasteiger partial charge is 0.464 e. The fourth-order valence-electron chi connectivity index (χ4n) is 4.53. The Labute approximate surface area is 194 Å². The minimum atomic E-state index is -0.556. The summed E-state index contributed by atoms with van der Waals surface area (Å²) in [6.07, 6.45) is 1.44. The molecule has 0 aliphatic carbocycles. The number of ether oxygens (including phenoxy) is 1. The normalized spacial score (nSPS) is 18.5. The molecule has 1 saturated heterocycles. The Bertz CT molecular complexity index is 1240. The summed E-state index contributed by atoms with van der Waals surface area (Å²) < 4.78 is 7.52. The molecule has 4 rings (SSSR count). The van der Waals surface area contributed by atoms with Gasteiger partial charge in [0.25, 0.3) is 5.56 Å². The van der Waals surface area contributed by atoms with Crippen LogP contribution in [0, 0.1) is 5.92 Å². The molecule has 2 heterocycles. The molecule has 2 unspecified atom stereocenters. The Kier molecular flexibility index (Phi) is 6.58. The molecular formula is C25H25BrN2O4. The number of nitrogens with zero attached hydrogens (tertiary/aromatic N) is 1. The van der Waals surface area contributed by atoms with Crippen molar-refractivity contribution in [3.05, 3.63) is 69.1 Å². The Balaban J connectivity index is 1.97. The Hall–Kier alpha value is -2.77. The van der Waals surface area contributed by atoms with Crippen LogP contribution in [0.1, 0.15) is 30.3 Å². The number of fused-ring (bicyclic) bond motifs is 1. The lowest BCUT2D eigenvalue weighted by atomic mass is 9.90. The first-order valence-electron chi connectivity index (χ1n) is 10.6. The molecule has 7 heteroatoms. The fraction of sp³-hybridized carbons (Fsp3) is 0.320. The Morgan fingerprint density at radius 3 is 2.59 bits per heavy atom. The molecule has 1 N–H and O–H groups in total. The third-order valence-electron chi connectivity index (χ3n) is 6.12. The molecule has 32 heavy (non-hydrogen) atoms. The summed E-state index contributed by atoms with van der Waals surface area (Å²) in [5, 5.41) is 4.47. The SMILES string of the molecule is COC(=O)c1c(-c2ccccc2)c2cc(Br)ccc2c(=O)n1CC1CCNC(C(C)=O)C1. The Morgan fingerprint density at radius 2 is 1.91 bits per heavy atom. The van der Waals surface area contributed by atoms with Crippen LogP contribution in [0.3, 0.4) is 0 Å². The highest BCUT2D eigenvalue weighted by atomic mass is 79.9. The summed E-state index contributed by atoms with van der Waals surface area (Å²) in [5.41, 5.74) is 1.51. The number of aromatic nitrogens is 1. The lowest BCUT2D eigenvalue weighted by molar-refractivity contribution is -0.119. The number of esters is 1. The van der Waals surface area contributed by atoms with Gasteiger partial charge >= 0.3 is 5.97 Å². The molecule has 0 saturated carbocycles. The molecule has 0 radical (unpaired) electrons. The number of Topliss-reactive ketones (excluding diaryl/α,β-unsaturated/α-hetero) is 1. The van der Waals surface area contributed by atoms with Gasteiger partial charge in [-0.1, -0.05) is 46.3 Å². The predicted molar refractivity (Wildman–Crippen MR) is 128 cm³/mol. The van der Waals surface area contributed by atoms with E-state index in [0.717, 1.165) is 16.5 Å². The summed E-state index contributed by atoms with van der Waals surface area (Å²) in [5.74, 6) is -0.383. The van der Waals surface area contributed by atoms with Crippen molar-refractivity contribution >= 4 is 38.5 Å². The highest BCUT2D eigenvalue weighted by Gasteiger charge is 2.29. The van der Waals surface area contributed by atoms with Gasteiger partial charge in [0.15, 0.2) is 0 Å². The fourth-order valence-corrected chi connectivity index (χ4v) is 4.89.